The van der Waals surface area contributed by atoms with Crippen molar-refractivity contribution in [2.24, 2.45) is 0 Å². The molecule has 0 aliphatic heterocycles. The number of phenols is 1. The average molecular weight is 469 g/mol. The first-order valence-corrected chi connectivity index (χ1v) is 9.55. The molecule has 0 saturated heterocycles. The summed E-state index contributed by atoms with van der Waals surface area (Å²) in [6.45, 7) is 0. The van der Waals surface area contributed by atoms with E-state index in [9.17, 15) is 5.11 Å². The lowest BCUT2D eigenvalue weighted by Gasteiger charge is -2.05. The van der Waals surface area contributed by atoms with Gasteiger partial charge < -0.3 is 10.1 Å². The Bertz CT molecular complexity index is 1300. The molecule has 0 aliphatic carbocycles. The molecule has 0 atom stereocenters. The van der Waals surface area contributed by atoms with Crippen molar-refractivity contribution in [3.8, 4) is 17.0 Å². The van der Waals surface area contributed by atoms with Gasteiger partial charge in [-0.3, -0.25) is 0 Å². The molecule has 6 heteroatoms. The summed E-state index contributed by atoms with van der Waals surface area (Å²) < 4.78 is 1.22. The van der Waals surface area contributed by atoms with Crippen LogP contribution in [0.1, 0.15) is 0 Å². The van der Waals surface area contributed by atoms with Gasteiger partial charge in [-0.05, 0) is 61.5 Å². The number of hydrogen-bond donors (Lipinski definition) is 2. The van der Waals surface area contributed by atoms with E-state index in [2.05, 4.69) is 54.0 Å². The predicted molar refractivity (Wildman–Crippen MR) is 111 cm³/mol. The maximum absolute atomic E-state index is 10.1. The van der Waals surface area contributed by atoms with Crippen LogP contribution in [-0.2, 0) is 0 Å². The van der Waals surface area contributed by atoms with Crippen molar-refractivity contribution in [1.82, 2.24) is 15.0 Å². The van der Waals surface area contributed by atoms with Gasteiger partial charge in [0, 0.05) is 34.1 Å². The number of halogens is 2. The monoisotopic (exact) mass is 467 g/mol. The highest BCUT2D eigenvalue weighted by atomic mass is 79.9. The minimum Gasteiger partial charge on any atom is -0.506 e. The standard InChI is InChI=1S/C20H11Br2N3O/c21-14-7-10(8-15(22)19(14)26)18-13-9-24-20-17(13)12(5-6-23-20)11-3-1-2-4-16(11)25-18/h1-9,26H,(H,23,24). The summed E-state index contributed by atoms with van der Waals surface area (Å²) in [5.74, 6) is 0.169. The molecule has 0 radical (unpaired) electrons. The van der Waals surface area contributed by atoms with E-state index in [1.807, 2.05) is 42.7 Å². The molecule has 0 fully saturated rings. The summed E-state index contributed by atoms with van der Waals surface area (Å²) in [4.78, 5) is 12.7. The number of para-hydroxylation sites is 1. The molecular formula is C20H11Br2N3O. The lowest BCUT2D eigenvalue weighted by atomic mass is 10.1. The zero-order valence-electron chi connectivity index (χ0n) is 13.3. The smallest absolute Gasteiger partial charge is 0.143 e. The lowest BCUT2D eigenvalue weighted by Crippen LogP contribution is -1.84. The first-order chi connectivity index (χ1) is 12.6. The minimum atomic E-state index is 0.169. The number of pyridine rings is 1. The van der Waals surface area contributed by atoms with Gasteiger partial charge in [-0.1, -0.05) is 18.2 Å². The third-order valence-electron chi connectivity index (χ3n) is 4.54. The van der Waals surface area contributed by atoms with Crippen molar-refractivity contribution in [2.75, 3.05) is 0 Å². The highest BCUT2D eigenvalue weighted by Crippen LogP contribution is 2.40. The fraction of sp³-hybridized carbons (Fsp3) is 0. The summed E-state index contributed by atoms with van der Waals surface area (Å²) in [6.07, 6.45) is 3.76. The second-order valence-corrected chi connectivity index (χ2v) is 7.76. The normalized spacial score (nSPS) is 11.6. The maximum Gasteiger partial charge on any atom is 0.143 e. The Labute approximate surface area is 165 Å². The van der Waals surface area contributed by atoms with E-state index in [4.69, 9.17) is 4.98 Å². The van der Waals surface area contributed by atoms with Crippen molar-refractivity contribution < 1.29 is 5.11 Å². The molecule has 3 heterocycles. The molecule has 126 valence electrons. The molecule has 5 rings (SSSR count). The zero-order valence-corrected chi connectivity index (χ0v) is 16.5. The first kappa shape index (κ1) is 15.8. The van der Waals surface area contributed by atoms with Crippen molar-refractivity contribution in [3.63, 3.8) is 0 Å². The Kier molecular flexibility index (Phi) is 3.52. The van der Waals surface area contributed by atoms with Gasteiger partial charge in [0.15, 0.2) is 0 Å². The fourth-order valence-corrected chi connectivity index (χ4v) is 4.55. The van der Waals surface area contributed by atoms with Crippen molar-refractivity contribution in [3.05, 3.63) is 63.8 Å². The number of rotatable bonds is 1. The van der Waals surface area contributed by atoms with Gasteiger partial charge in [0.25, 0.3) is 0 Å². The van der Waals surface area contributed by atoms with Crippen molar-refractivity contribution in [1.29, 1.82) is 0 Å². The van der Waals surface area contributed by atoms with Gasteiger partial charge in [-0.15, -0.1) is 0 Å². The predicted octanol–water partition coefficient (Wildman–Crippen LogP) is 6.16. The summed E-state index contributed by atoms with van der Waals surface area (Å²) in [5.41, 5.74) is 3.45. The molecule has 5 aromatic rings. The Morgan fingerprint density at radius 2 is 1.69 bits per heavy atom. The largest absolute Gasteiger partial charge is 0.506 e. The van der Waals surface area contributed by atoms with Crippen LogP contribution in [0.5, 0.6) is 5.75 Å². The number of hydrogen-bond acceptors (Lipinski definition) is 3. The number of benzene rings is 2. The van der Waals surface area contributed by atoms with Crippen LogP contribution in [0, 0.1) is 0 Å². The van der Waals surface area contributed by atoms with Crippen LogP contribution in [0.15, 0.2) is 63.8 Å². The minimum absolute atomic E-state index is 0.169. The summed E-state index contributed by atoms with van der Waals surface area (Å²) in [7, 11) is 0. The van der Waals surface area contributed by atoms with Crippen LogP contribution in [0.25, 0.3) is 44.0 Å². The third kappa shape index (κ3) is 2.26. The number of nitrogens with one attached hydrogen (secondary N) is 1. The first-order valence-electron chi connectivity index (χ1n) is 7.96. The van der Waals surface area contributed by atoms with Gasteiger partial charge in [-0.2, -0.15) is 0 Å². The molecule has 0 spiro atoms. The molecular weight excluding hydrogens is 458 g/mol. The molecule has 2 N–H and O–H groups in total. The zero-order chi connectivity index (χ0) is 17.8. The molecule has 0 unspecified atom stereocenters. The molecule has 0 bridgehead atoms. The van der Waals surface area contributed by atoms with E-state index in [-0.39, 0.29) is 5.75 Å². The molecule has 0 saturated carbocycles. The molecule has 4 nitrogen and oxygen atoms in total. The highest BCUT2D eigenvalue weighted by molar-refractivity contribution is 9.11. The van der Waals surface area contributed by atoms with Crippen molar-refractivity contribution >= 4 is 64.6 Å². The number of H-pyrrole nitrogens is 1. The van der Waals surface area contributed by atoms with E-state index in [0.29, 0.717) is 8.95 Å². The van der Waals surface area contributed by atoms with E-state index in [0.717, 1.165) is 44.0 Å². The number of aromatic amines is 1. The maximum atomic E-state index is 10.1. The molecule has 0 amide bonds. The fourth-order valence-electron chi connectivity index (χ4n) is 3.36. The van der Waals surface area contributed by atoms with Crippen LogP contribution in [-0.4, -0.2) is 20.1 Å². The van der Waals surface area contributed by atoms with Gasteiger partial charge in [0.05, 0.1) is 20.2 Å². The number of nitrogens with zero attached hydrogens (tertiary/aromatic N) is 2. The second-order valence-electron chi connectivity index (χ2n) is 6.05. The highest BCUT2D eigenvalue weighted by Gasteiger charge is 2.16. The van der Waals surface area contributed by atoms with Gasteiger partial charge in [-0.25, -0.2) is 9.97 Å². The number of phenolic OH excluding ortho intramolecular Hbond substituents is 1. The summed E-state index contributed by atoms with van der Waals surface area (Å²) >= 11 is 6.83. The van der Waals surface area contributed by atoms with Gasteiger partial charge in [0.1, 0.15) is 11.4 Å². The van der Waals surface area contributed by atoms with E-state index < -0.39 is 0 Å². The number of aromatic hydroxyl groups is 1. The van der Waals surface area contributed by atoms with Crippen LogP contribution in [0.3, 0.4) is 0 Å². The number of aromatic nitrogens is 3. The van der Waals surface area contributed by atoms with E-state index in [1.165, 1.54) is 0 Å². The third-order valence-corrected chi connectivity index (χ3v) is 5.75. The molecule has 0 aliphatic rings. The van der Waals surface area contributed by atoms with Gasteiger partial charge in [0.2, 0.25) is 0 Å². The van der Waals surface area contributed by atoms with Gasteiger partial charge >= 0.3 is 0 Å². The Balaban J connectivity index is 2.03. The van der Waals surface area contributed by atoms with Crippen LogP contribution in [0.2, 0.25) is 0 Å². The Hall–Kier alpha value is -2.44. The second kappa shape index (κ2) is 5.79. The molecule has 2 aromatic carbocycles. The SMILES string of the molecule is Oc1c(Br)cc(-c2nc3ccccc3c3cc[nH]c4ncc2c43)cc1Br. The molecule has 26 heavy (non-hydrogen) atoms. The molecule has 3 aromatic heterocycles. The van der Waals surface area contributed by atoms with Crippen LogP contribution >= 0.6 is 31.9 Å². The summed E-state index contributed by atoms with van der Waals surface area (Å²) in [5, 5.41) is 14.3. The quantitative estimate of drug-likeness (QED) is 0.309. The van der Waals surface area contributed by atoms with Crippen LogP contribution in [0.4, 0.5) is 0 Å². The topological polar surface area (TPSA) is 61.8 Å². The average Bonchev–Trinajstić information content (AvgIpc) is 3.01. The van der Waals surface area contributed by atoms with E-state index in [1.54, 1.807) is 0 Å². The van der Waals surface area contributed by atoms with Crippen LogP contribution < -0.4 is 0 Å². The van der Waals surface area contributed by atoms with Crippen molar-refractivity contribution in [2.45, 2.75) is 0 Å². The number of fused-ring (bicyclic) bond motifs is 2. The summed E-state index contributed by atoms with van der Waals surface area (Å²) in [6, 6.07) is 13.9. The lowest BCUT2D eigenvalue weighted by molar-refractivity contribution is 0.468. The van der Waals surface area contributed by atoms with E-state index >= 15 is 0 Å². The Morgan fingerprint density at radius 1 is 0.923 bits per heavy atom. The Morgan fingerprint density at radius 3 is 2.50 bits per heavy atom.